The highest BCUT2D eigenvalue weighted by Gasteiger charge is 2.45. The van der Waals surface area contributed by atoms with Gasteiger partial charge in [0.25, 0.3) is 5.91 Å². The SMILES string of the molecule is CCO[C@H]1C[C@@H]1N(Cc1ccc(C(F)(F)F)cn1)C(=O)c1ccc2nc(N)c3c(c2c1)CO[C@@H]3C. The van der Waals surface area contributed by atoms with E-state index in [9.17, 15) is 18.0 Å². The first-order valence-corrected chi connectivity index (χ1v) is 11.5. The third-order valence-corrected chi connectivity index (χ3v) is 6.52. The lowest BCUT2D eigenvalue weighted by Crippen LogP contribution is -2.35. The number of aromatic nitrogens is 2. The standard InChI is InChI=1S/C25H25F3N4O3/c1-3-34-21-9-20(21)32(11-16-6-5-15(10-30-16)25(26,27)28)24(33)14-4-7-19-17(8-14)18-12-35-13(2)22(18)23(29)31-19/h4-8,10,13,20-21H,3,9,11-12H2,1-2H3,(H2,29,31)/t13-,20+,21+/m1/s1. The Labute approximate surface area is 200 Å². The molecule has 3 heterocycles. The highest BCUT2D eigenvalue weighted by molar-refractivity contribution is 5.99. The second kappa shape index (κ2) is 8.76. The van der Waals surface area contributed by atoms with Gasteiger partial charge in [-0.2, -0.15) is 13.2 Å². The van der Waals surface area contributed by atoms with Crippen LogP contribution in [0.25, 0.3) is 10.9 Å². The lowest BCUT2D eigenvalue weighted by molar-refractivity contribution is -0.137. The summed E-state index contributed by atoms with van der Waals surface area (Å²) in [6, 6.07) is 7.34. The van der Waals surface area contributed by atoms with Crippen LogP contribution in [0.5, 0.6) is 0 Å². The summed E-state index contributed by atoms with van der Waals surface area (Å²) in [5, 5.41) is 0.800. The Hall–Kier alpha value is -3.24. The topological polar surface area (TPSA) is 90.6 Å². The molecule has 1 aliphatic heterocycles. The van der Waals surface area contributed by atoms with Gasteiger partial charge in [0.15, 0.2) is 0 Å². The number of anilines is 1. The quantitative estimate of drug-likeness (QED) is 0.546. The summed E-state index contributed by atoms with van der Waals surface area (Å²) in [5.41, 5.74) is 8.55. The summed E-state index contributed by atoms with van der Waals surface area (Å²) in [6.07, 6.45) is -3.31. The Balaban J connectivity index is 1.47. The number of nitrogen functional groups attached to an aromatic ring is 1. The van der Waals surface area contributed by atoms with E-state index in [0.717, 1.165) is 28.8 Å². The number of nitrogens with zero attached hydrogens (tertiary/aromatic N) is 3. The van der Waals surface area contributed by atoms with Gasteiger partial charge < -0.3 is 20.1 Å². The van der Waals surface area contributed by atoms with E-state index in [4.69, 9.17) is 15.2 Å². The average molecular weight is 486 g/mol. The van der Waals surface area contributed by atoms with Crippen LogP contribution in [0.15, 0.2) is 36.5 Å². The van der Waals surface area contributed by atoms with Crippen molar-refractivity contribution < 1.29 is 27.4 Å². The number of ether oxygens (including phenoxy) is 2. The highest BCUT2D eigenvalue weighted by atomic mass is 19.4. The minimum Gasteiger partial charge on any atom is -0.383 e. The lowest BCUT2D eigenvalue weighted by atomic mass is 10.00. The highest BCUT2D eigenvalue weighted by Crippen LogP contribution is 2.39. The monoisotopic (exact) mass is 486 g/mol. The number of carbonyl (C=O) groups excluding carboxylic acids is 1. The number of amides is 1. The molecule has 0 spiro atoms. The Morgan fingerprint density at radius 1 is 1.29 bits per heavy atom. The van der Waals surface area contributed by atoms with Crippen LogP contribution in [-0.2, 0) is 28.8 Å². The van der Waals surface area contributed by atoms with Crippen LogP contribution < -0.4 is 5.73 Å². The van der Waals surface area contributed by atoms with E-state index in [2.05, 4.69) is 9.97 Å². The van der Waals surface area contributed by atoms with Gasteiger partial charge in [0.2, 0.25) is 0 Å². The summed E-state index contributed by atoms with van der Waals surface area (Å²) < 4.78 is 50.2. The van der Waals surface area contributed by atoms with Crippen molar-refractivity contribution in [3.63, 3.8) is 0 Å². The fourth-order valence-corrected chi connectivity index (χ4v) is 4.65. The largest absolute Gasteiger partial charge is 0.417 e. The van der Waals surface area contributed by atoms with E-state index in [0.29, 0.717) is 42.2 Å². The average Bonchev–Trinajstić information content (AvgIpc) is 3.47. The Morgan fingerprint density at radius 3 is 2.77 bits per heavy atom. The fourth-order valence-electron chi connectivity index (χ4n) is 4.65. The molecule has 2 aromatic heterocycles. The van der Waals surface area contributed by atoms with Crippen LogP contribution in [0.3, 0.4) is 0 Å². The first kappa shape index (κ1) is 23.5. The van der Waals surface area contributed by atoms with Crippen molar-refractivity contribution in [2.45, 2.75) is 57.8 Å². The Kier molecular flexibility index (Phi) is 5.88. The van der Waals surface area contributed by atoms with E-state index in [-0.39, 0.29) is 30.7 Å². The number of alkyl halides is 3. The van der Waals surface area contributed by atoms with Gasteiger partial charge in [-0.25, -0.2) is 4.98 Å². The third-order valence-electron chi connectivity index (χ3n) is 6.52. The van der Waals surface area contributed by atoms with Gasteiger partial charge in [-0.05, 0) is 56.2 Å². The van der Waals surface area contributed by atoms with Crippen LogP contribution in [0.4, 0.5) is 19.0 Å². The van der Waals surface area contributed by atoms with E-state index in [1.54, 1.807) is 23.1 Å². The fraction of sp³-hybridized carbons (Fsp3) is 0.400. The lowest BCUT2D eigenvalue weighted by Gasteiger charge is -2.23. The zero-order chi connectivity index (χ0) is 24.9. The first-order chi connectivity index (χ1) is 16.7. The number of hydrogen-bond donors (Lipinski definition) is 1. The maximum Gasteiger partial charge on any atom is 0.417 e. The summed E-state index contributed by atoms with van der Waals surface area (Å²) >= 11 is 0. The van der Waals surface area contributed by atoms with Gasteiger partial charge in [0.05, 0.1) is 48.2 Å². The third kappa shape index (κ3) is 4.43. The van der Waals surface area contributed by atoms with Crippen LogP contribution in [0, 0.1) is 0 Å². The normalized spacial score (nSPS) is 21.2. The molecule has 1 aliphatic carbocycles. The number of rotatable bonds is 6. The summed E-state index contributed by atoms with van der Waals surface area (Å²) in [6.45, 7) is 4.75. The summed E-state index contributed by atoms with van der Waals surface area (Å²) in [7, 11) is 0. The molecular formula is C25H25F3N4O3. The maximum absolute atomic E-state index is 13.7. The number of halogens is 3. The Bertz CT molecular complexity index is 1280. The molecule has 1 saturated carbocycles. The van der Waals surface area contributed by atoms with Gasteiger partial charge in [-0.3, -0.25) is 9.78 Å². The van der Waals surface area contributed by atoms with Gasteiger partial charge in [0.1, 0.15) is 5.82 Å². The number of fused-ring (bicyclic) bond motifs is 3. The van der Waals surface area contributed by atoms with E-state index in [1.807, 2.05) is 13.8 Å². The summed E-state index contributed by atoms with van der Waals surface area (Å²) in [4.78, 5) is 23.7. The van der Waals surface area contributed by atoms with Crippen molar-refractivity contribution in [1.29, 1.82) is 0 Å². The molecule has 7 nitrogen and oxygen atoms in total. The maximum atomic E-state index is 13.7. The van der Waals surface area contributed by atoms with E-state index in [1.165, 1.54) is 6.07 Å². The summed E-state index contributed by atoms with van der Waals surface area (Å²) in [5.74, 6) is 0.169. The van der Waals surface area contributed by atoms with Gasteiger partial charge in [0, 0.05) is 29.3 Å². The molecule has 0 saturated heterocycles. The van der Waals surface area contributed by atoms with Crippen molar-refractivity contribution in [1.82, 2.24) is 14.9 Å². The number of nitrogens with two attached hydrogens (primary N) is 1. The first-order valence-electron chi connectivity index (χ1n) is 11.5. The molecule has 1 fully saturated rings. The molecule has 2 N–H and O–H groups in total. The minimum absolute atomic E-state index is 0.0709. The predicted molar refractivity (Wildman–Crippen MR) is 122 cm³/mol. The smallest absolute Gasteiger partial charge is 0.383 e. The molecular weight excluding hydrogens is 461 g/mol. The number of hydrogen-bond acceptors (Lipinski definition) is 6. The van der Waals surface area contributed by atoms with Crippen LogP contribution in [0.2, 0.25) is 0 Å². The van der Waals surface area contributed by atoms with Crippen molar-refractivity contribution in [3.05, 3.63) is 64.5 Å². The van der Waals surface area contributed by atoms with Crippen LogP contribution in [-0.4, -0.2) is 39.5 Å². The molecule has 10 heteroatoms. The van der Waals surface area contributed by atoms with Crippen molar-refractivity contribution >= 4 is 22.6 Å². The van der Waals surface area contributed by atoms with Crippen LogP contribution >= 0.6 is 0 Å². The number of pyridine rings is 2. The predicted octanol–water partition coefficient (Wildman–Crippen LogP) is 4.64. The molecule has 5 rings (SSSR count). The van der Waals surface area contributed by atoms with Gasteiger partial charge >= 0.3 is 6.18 Å². The molecule has 3 atom stereocenters. The molecule has 35 heavy (non-hydrogen) atoms. The Morgan fingerprint density at radius 2 is 2.09 bits per heavy atom. The minimum atomic E-state index is -4.47. The molecule has 1 amide bonds. The molecule has 3 aromatic rings. The van der Waals surface area contributed by atoms with E-state index >= 15 is 0 Å². The molecule has 2 aliphatic rings. The molecule has 0 bridgehead atoms. The zero-order valence-electron chi connectivity index (χ0n) is 19.3. The van der Waals surface area contributed by atoms with Crippen molar-refractivity contribution in [2.75, 3.05) is 12.3 Å². The van der Waals surface area contributed by atoms with Crippen molar-refractivity contribution in [2.24, 2.45) is 0 Å². The van der Waals surface area contributed by atoms with Gasteiger partial charge in [-0.1, -0.05) is 0 Å². The number of benzene rings is 1. The zero-order valence-corrected chi connectivity index (χ0v) is 19.3. The molecule has 1 aromatic carbocycles. The van der Waals surface area contributed by atoms with Gasteiger partial charge in [-0.15, -0.1) is 0 Å². The second-order valence-electron chi connectivity index (χ2n) is 8.84. The number of carbonyl (C=O) groups is 1. The van der Waals surface area contributed by atoms with Crippen LogP contribution in [0.1, 0.15) is 59.1 Å². The van der Waals surface area contributed by atoms with Crippen molar-refractivity contribution in [3.8, 4) is 0 Å². The molecule has 0 unspecified atom stereocenters. The molecule has 184 valence electrons. The molecule has 0 radical (unpaired) electrons. The van der Waals surface area contributed by atoms with E-state index < -0.39 is 11.7 Å². The second-order valence-corrected chi connectivity index (χ2v) is 8.84.